The standard InChI is InChI=1S/C7H7F6N3S/c1-2-16-4(14-15-5(16)17)3(6(8,9)10)7(11,12)13/h3H,2H2,1H3,(H,15,17). The average Bonchev–Trinajstić information content (AvgIpc) is 2.42. The number of aromatic amines is 1. The van der Waals surface area contributed by atoms with Crippen LogP contribution < -0.4 is 0 Å². The van der Waals surface area contributed by atoms with Crippen molar-refractivity contribution in [1.29, 1.82) is 0 Å². The predicted molar refractivity (Wildman–Crippen MR) is 47.9 cm³/mol. The lowest BCUT2D eigenvalue weighted by molar-refractivity contribution is -0.256. The molecule has 17 heavy (non-hydrogen) atoms. The van der Waals surface area contributed by atoms with Gasteiger partial charge in [-0.15, -0.1) is 0 Å². The maximum atomic E-state index is 12.4. The van der Waals surface area contributed by atoms with Gasteiger partial charge in [-0.3, -0.25) is 5.10 Å². The number of rotatable bonds is 2. The summed E-state index contributed by atoms with van der Waals surface area (Å²) in [6.45, 7) is 1.24. The Balaban J connectivity index is 3.38. The van der Waals surface area contributed by atoms with Crippen LogP contribution >= 0.6 is 12.2 Å². The number of aromatic nitrogens is 3. The highest BCUT2D eigenvalue weighted by atomic mass is 32.1. The summed E-state index contributed by atoms with van der Waals surface area (Å²) in [5.41, 5.74) is 0. The van der Waals surface area contributed by atoms with E-state index in [1.54, 1.807) is 0 Å². The fraction of sp³-hybridized carbons (Fsp3) is 0.714. The molecule has 0 unspecified atom stereocenters. The van der Waals surface area contributed by atoms with E-state index in [0.29, 0.717) is 4.57 Å². The summed E-state index contributed by atoms with van der Waals surface area (Å²) >= 11 is 4.55. The first-order chi connectivity index (χ1) is 7.59. The van der Waals surface area contributed by atoms with Crippen LogP contribution in [0.1, 0.15) is 18.7 Å². The van der Waals surface area contributed by atoms with Crippen molar-refractivity contribution in [2.24, 2.45) is 0 Å². The van der Waals surface area contributed by atoms with Gasteiger partial charge in [-0.05, 0) is 19.1 Å². The minimum absolute atomic E-state index is 0.132. The lowest BCUT2D eigenvalue weighted by Gasteiger charge is -2.22. The number of hydrogen-bond acceptors (Lipinski definition) is 2. The van der Waals surface area contributed by atoms with Crippen LogP contribution in [0.2, 0.25) is 0 Å². The monoisotopic (exact) mass is 279 g/mol. The van der Waals surface area contributed by atoms with Crippen molar-refractivity contribution >= 4 is 12.2 Å². The van der Waals surface area contributed by atoms with Crippen LogP contribution in [0.4, 0.5) is 26.3 Å². The van der Waals surface area contributed by atoms with Crippen LogP contribution in [-0.4, -0.2) is 27.1 Å². The summed E-state index contributed by atoms with van der Waals surface area (Å²) in [5.74, 6) is -4.81. The van der Waals surface area contributed by atoms with Gasteiger partial charge in [0, 0.05) is 6.54 Å². The van der Waals surface area contributed by atoms with Gasteiger partial charge in [0.2, 0.25) is 5.92 Å². The van der Waals surface area contributed by atoms with Crippen LogP contribution in [0.25, 0.3) is 0 Å². The molecular weight excluding hydrogens is 272 g/mol. The summed E-state index contributed by atoms with van der Waals surface area (Å²) in [4.78, 5) is 0. The van der Waals surface area contributed by atoms with Crippen molar-refractivity contribution in [2.45, 2.75) is 31.7 Å². The zero-order valence-corrected chi connectivity index (χ0v) is 9.17. The summed E-state index contributed by atoms with van der Waals surface area (Å²) in [6.07, 6.45) is -10.9. The van der Waals surface area contributed by atoms with Crippen molar-refractivity contribution in [1.82, 2.24) is 14.8 Å². The second kappa shape index (κ2) is 4.31. The molecule has 0 radical (unpaired) electrons. The van der Waals surface area contributed by atoms with Gasteiger partial charge in [-0.1, -0.05) is 0 Å². The molecule has 0 fully saturated rings. The van der Waals surface area contributed by atoms with Gasteiger partial charge in [0.1, 0.15) is 0 Å². The lowest BCUT2D eigenvalue weighted by Crippen LogP contribution is -2.36. The average molecular weight is 279 g/mol. The van der Waals surface area contributed by atoms with E-state index in [1.165, 1.54) is 6.92 Å². The summed E-state index contributed by atoms with van der Waals surface area (Å²) in [5, 5.41) is 4.95. The number of hydrogen-bond donors (Lipinski definition) is 1. The predicted octanol–water partition coefficient (Wildman–Crippen LogP) is 3.17. The first-order valence-electron chi connectivity index (χ1n) is 4.37. The second-order valence-corrected chi connectivity index (χ2v) is 3.53. The van der Waals surface area contributed by atoms with Gasteiger partial charge >= 0.3 is 12.4 Å². The molecule has 98 valence electrons. The molecule has 1 rings (SSSR count). The molecule has 0 aliphatic rings. The Morgan fingerprint density at radius 1 is 1.24 bits per heavy atom. The fourth-order valence-electron chi connectivity index (χ4n) is 1.33. The minimum Gasteiger partial charge on any atom is -0.304 e. The van der Waals surface area contributed by atoms with Crippen LogP contribution in [0.15, 0.2) is 0 Å². The molecule has 0 spiro atoms. The quantitative estimate of drug-likeness (QED) is 0.666. The molecule has 10 heteroatoms. The number of nitrogens with one attached hydrogen (secondary N) is 1. The summed E-state index contributed by atoms with van der Waals surface area (Å²) in [6, 6.07) is 0. The zero-order valence-electron chi connectivity index (χ0n) is 8.35. The molecular formula is C7H7F6N3S. The van der Waals surface area contributed by atoms with Crippen LogP contribution in [-0.2, 0) is 6.54 Å². The van der Waals surface area contributed by atoms with E-state index in [9.17, 15) is 26.3 Å². The molecule has 0 saturated carbocycles. The number of H-pyrrole nitrogens is 1. The molecule has 0 amide bonds. The van der Waals surface area contributed by atoms with Crippen molar-refractivity contribution in [3.8, 4) is 0 Å². The van der Waals surface area contributed by atoms with Crippen LogP contribution in [0.3, 0.4) is 0 Å². The van der Waals surface area contributed by atoms with Crippen molar-refractivity contribution in [3.05, 3.63) is 10.6 Å². The van der Waals surface area contributed by atoms with Gasteiger partial charge in [0.25, 0.3) is 0 Å². The largest absolute Gasteiger partial charge is 0.407 e. The van der Waals surface area contributed by atoms with Gasteiger partial charge in [0.05, 0.1) is 0 Å². The van der Waals surface area contributed by atoms with E-state index in [2.05, 4.69) is 17.3 Å². The molecule has 0 saturated heterocycles. The molecule has 0 atom stereocenters. The molecule has 3 nitrogen and oxygen atoms in total. The number of halogens is 6. The number of nitrogens with zero attached hydrogens (tertiary/aromatic N) is 2. The molecule has 1 aromatic rings. The molecule has 0 aromatic carbocycles. The maximum absolute atomic E-state index is 12.4. The smallest absolute Gasteiger partial charge is 0.304 e. The van der Waals surface area contributed by atoms with Crippen molar-refractivity contribution < 1.29 is 26.3 Å². The fourth-order valence-corrected chi connectivity index (χ4v) is 1.60. The Kier molecular flexibility index (Phi) is 3.55. The van der Waals surface area contributed by atoms with Crippen LogP contribution in [0.5, 0.6) is 0 Å². The zero-order chi connectivity index (χ0) is 13.4. The molecule has 0 aliphatic carbocycles. The highest BCUT2D eigenvalue weighted by Gasteiger charge is 2.59. The lowest BCUT2D eigenvalue weighted by atomic mass is 10.1. The maximum Gasteiger partial charge on any atom is 0.407 e. The third-order valence-electron chi connectivity index (χ3n) is 2.02. The Labute approximate surface area is 96.4 Å². The Bertz CT molecular complexity index is 428. The van der Waals surface area contributed by atoms with E-state index in [1.807, 2.05) is 5.10 Å². The first-order valence-corrected chi connectivity index (χ1v) is 4.78. The highest BCUT2D eigenvalue weighted by molar-refractivity contribution is 7.71. The first kappa shape index (κ1) is 14.0. The number of alkyl halides is 6. The van der Waals surface area contributed by atoms with E-state index >= 15 is 0 Å². The van der Waals surface area contributed by atoms with E-state index in [-0.39, 0.29) is 11.3 Å². The summed E-state index contributed by atoms with van der Waals surface area (Å²) in [7, 11) is 0. The minimum atomic E-state index is -5.47. The van der Waals surface area contributed by atoms with Crippen molar-refractivity contribution in [3.63, 3.8) is 0 Å². The van der Waals surface area contributed by atoms with Gasteiger partial charge in [-0.2, -0.15) is 31.4 Å². The molecule has 0 aliphatic heterocycles. The van der Waals surface area contributed by atoms with Gasteiger partial charge in [-0.25, -0.2) is 0 Å². The Hall–Kier alpha value is -1.06. The van der Waals surface area contributed by atoms with Gasteiger partial charge < -0.3 is 4.57 Å². The summed E-state index contributed by atoms with van der Waals surface area (Å²) < 4.78 is 74.8. The Morgan fingerprint density at radius 3 is 2.06 bits per heavy atom. The second-order valence-electron chi connectivity index (χ2n) is 3.15. The third-order valence-corrected chi connectivity index (χ3v) is 2.33. The van der Waals surface area contributed by atoms with E-state index in [0.717, 1.165) is 0 Å². The van der Waals surface area contributed by atoms with E-state index in [4.69, 9.17) is 0 Å². The molecule has 1 heterocycles. The third kappa shape index (κ3) is 2.79. The van der Waals surface area contributed by atoms with Crippen molar-refractivity contribution in [2.75, 3.05) is 0 Å². The van der Waals surface area contributed by atoms with Gasteiger partial charge in [0.15, 0.2) is 10.6 Å². The molecule has 0 bridgehead atoms. The van der Waals surface area contributed by atoms with Crippen LogP contribution in [0, 0.1) is 4.77 Å². The molecule has 1 aromatic heterocycles. The SMILES string of the molecule is CCn1c(C(C(F)(F)F)C(F)(F)F)n[nH]c1=S. The van der Waals surface area contributed by atoms with E-state index < -0.39 is 24.1 Å². The Morgan fingerprint density at radius 2 is 1.71 bits per heavy atom. The normalized spacial score (nSPS) is 13.4. The highest BCUT2D eigenvalue weighted by Crippen LogP contribution is 2.45. The molecule has 1 N–H and O–H groups in total. The topological polar surface area (TPSA) is 33.6 Å².